The predicted molar refractivity (Wildman–Crippen MR) is 67.2 cm³/mol. The quantitative estimate of drug-likeness (QED) is 0.823. The Bertz CT molecular complexity index is 304. The Morgan fingerprint density at radius 1 is 1.19 bits per heavy atom. The molecule has 0 amide bonds. The first-order chi connectivity index (χ1) is 7.88. The molecule has 0 bridgehead atoms. The van der Waals surface area contributed by atoms with Crippen LogP contribution in [0.4, 0.5) is 5.69 Å². The summed E-state index contributed by atoms with van der Waals surface area (Å²) in [5.74, 6) is 0.957. The van der Waals surface area contributed by atoms with Crippen molar-refractivity contribution in [3.05, 3.63) is 24.3 Å². The smallest absolute Gasteiger partial charge is 0.119 e. The van der Waals surface area contributed by atoms with E-state index in [0.29, 0.717) is 0 Å². The Morgan fingerprint density at radius 3 is 2.50 bits per heavy atom. The molecule has 0 unspecified atom stereocenters. The molecule has 0 aliphatic carbocycles. The molecule has 88 valence electrons. The van der Waals surface area contributed by atoms with Gasteiger partial charge >= 0.3 is 0 Å². The number of nitrogens with one attached hydrogen (secondary N) is 1. The number of benzene rings is 1. The Kier molecular flexibility index (Phi) is 4.05. The molecule has 0 spiro atoms. The molecule has 1 aliphatic rings. The molecule has 0 radical (unpaired) electrons. The SMILES string of the molecule is CNc1ccc(OCCN2CCCC2)cc1. The van der Waals surface area contributed by atoms with Crippen LogP contribution in [0, 0.1) is 0 Å². The summed E-state index contributed by atoms with van der Waals surface area (Å²) in [7, 11) is 1.92. The first-order valence-corrected chi connectivity index (χ1v) is 6.01. The van der Waals surface area contributed by atoms with E-state index in [1.807, 2.05) is 31.3 Å². The number of rotatable bonds is 5. The van der Waals surface area contributed by atoms with Gasteiger partial charge in [-0.1, -0.05) is 0 Å². The molecule has 16 heavy (non-hydrogen) atoms. The second kappa shape index (κ2) is 5.75. The number of likely N-dealkylation sites (tertiary alicyclic amines) is 1. The first-order valence-electron chi connectivity index (χ1n) is 6.01. The second-order valence-corrected chi connectivity index (χ2v) is 4.17. The van der Waals surface area contributed by atoms with Gasteiger partial charge in [0.2, 0.25) is 0 Å². The van der Waals surface area contributed by atoms with Gasteiger partial charge in [0.1, 0.15) is 12.4 Å². The van der Waals surface area contributed by atoms with Gasteiger partial charge in [-0.05, 0) is 50.2 Å². The lowest BCUT2D eigenvalue weighted by Gasteiger charge is -2.14. The third-order valence-corrected chi connectivity index (χ3v) is 3.02. The molecule has 0 saturated carbocycles. The standard InChI is InChI=1S/C13H20N2O/c1-14-12-4-6-13(7-5-12)16-11-10-15-8-2-3-9-15/h4-7,14H,2-3,8-11H2,1H3. The minimum Gasteiger partial charge on any atom is -0.492 e. The zero-order valence-corrected chi connectivity index (χ0v) is 9.91. The van der Waals surface area contributed by atoms with Crippen molar-refractivity contribution in [1.82, 2.24) is 4.90 Å². The molecule has 0 aromatic heterocycles. The van der Waals surface area contributed by atoms with Crippen molar-refractivity contribution in [3.8, 4) is 5.75 Å². The average Bonchev–Trinajstić information content (AvgIpc) is 2.83. The van der Waals surface area contributed by atoms with E-state index >= 15 is 0 Å². The number of hydrogen-bond donors (Lipinski definition) is 1. The van der Waals surface area contributed by atoms with E-state index in [1.54, 1.807) is 0 Å². The van der Waals surface area contributed by atoms with E-state index in [2.05, 4.69) is 10.2 Å². The van der Waals surface area contributed by atoms with Gasteiger partial charge in [0, 0.05) is 19.3 Å². The minimum atomic E-state index is 0.791. The topological polar surface area (TPSA) is 24.5 Å². The summed E-state index contributed by atoms with van der Waals surface area (Å²) < 4.78 is 5.70. The molecule has 1 aromatic rings. The normalized spacial score (nSPS) is 16.3. The lowest BCUT2D eigenvalue weighted by Crippen LogP contribution is -2.25. The van der Waals surface area contributed by atoms with Gasteiger partial charge in [0.15, 0.2) is 0 Å². The fraction of sp³-hybridized carbons (Fsp3) is 0.538. The Morgan fingerprint density at radius 2 is 1.88 bits per heavy atom. The van der Waals surface area contributed by atoms with Gasteiger partial charge in [-0.3, -0.25) is 4.90 Å². The van der Waals surface area contributed by atoms with E-state index in [-0.39, 0.29) is 0 Å². The molecule has 2 rings (SSSR count). The predicted octanol–water partition coefficient (Wildman–Crippen LogP) is 2.20. The van der Waals surface area contributed by atoms with E-state index in [0.717, 1.165) is 24.6 Å². The number of hydrogen-bond acceptors (Lipinski definition) is 3. The van der Waals surface area contributed by atoms with Crippen LogP contribution in [0.15, 0.2) is 24.3 Å². The van der Waals surface area contributed by atoms with E-state index in [1.165, 1.54) is 25.9 Å². The van der Waals surface area contributed by atoms with Crippen LogP contribution in [-0.2, 0) is 0 Å². The van der Waals surface area contributed by atoms with Gasteiger partial charge in [0.05, 0.1) is 0 Å². The van der Waals surface area contributed by atoms with Crippen LogP contribution in [-0.4, -0.2) is 38.2 Å². The van der Waals surface area contributed by atoms with Crippen LogP contribution in [0.1, 0.15) is 12.8 Å². The van der Waals surface area contributed by atoms with Crippen LogP contribution in [0.3, 0.4) is 0 Å². The Labute approximate surface area is 97.4 Å². The van der Waals surface area contributed by atoms with Crippen LogP contribution < -0.4 is 10.1 Å². The highest BCUT2D eigenvalue weighted by Gasteiger charge is 2.10. The summed E-state index contributed by atoms with van der Waals surface area (Å²) in [5, 5.41) is 3.09. The average molecular weight is 220 g/mol. The zero-order chi connectivity index (χ0) is 11.2. The largest absolute Gasteiger partial charge is 0.492 e. The maximum Gasteiger partial charge on any atom is 0.119 e. The van der Waals surface area contributed by atoms with Crippen LogP contribution >= 0.6 is 0 Å². The second-order valence-electron chi connectivity index (χ2n) is 4.17. The first kappa shape index (κ1) is 11.3. The molecule has 1 fully saturated rings. The molecule has 1 aliphatic heterocycles. The molecule has 1 heterocycles. The minimum absolute atomic E-state index is 0.791. The summed E-state index contributed by atoms with van der Waals surface area (Å²) in [6, 6.07) is 8.09. The third kappa shape index (κ3) is 3.14. The maximum absolute atomic E-state index is 5.70. The Hall–Kier alpha value is -1.22. The van der Waals surface area contributed by atoms with Gasteiger partial charge in [-0.25, -0.2) is 0 Å². The fourth-order valence-electron chi connectivity index (χ4n) is 2.02. The molecule has 1 aromatic carbocycles. The van der Waals surface area contributed by atoms with Crippen molar-refractivity contribution in [2.45, 2.75) is 12.8 Å². The van der Waals surface area contributed by atoms with Gasteiger partial charge in [-0.15, -0.1) is 0 Å². The lowest BCUT2D eigenvalue weighted by molar-refractivity contribution is 0.238. The highest BCUT2D eigenvalue weighted by Crippen LogP contribution is 2.15. The molecular formula is C13H20N2O. The van der Waals surface area contributed by atoms with Crippen molar-refractivity contribution < 1.29 is 4.74 Å². The highest BCUT2D eigenvalue weighted by molar-refractivity contribution is 5.45. The van der Waals surface area contributed by atoms with Crippen molar-refractivity contribution in [2.24, 2.45) is 0 Å². The molecule has 3 nitrogen and oxygen atoms in total. The van der Waals surface area contributed by atoms with Crippen LogP contribution in [0.25, 0.3) is 0 Å². The fourth-order valence-corrected chi connectivity index (χ4v) is 2.02. The molecule has 3 heteroatoms. The third-order valence-electron chi connectivity index (χ3n) is 3.02. The Balaban J connectivity index is 1.71. The van der Waals surface area contributed by atoms with Crippen molar-refractivity contribution in [3.63, 3.8) is 0 Å². The number of anilines is 1. The summed E-state index contributed by atoms with van der Waals surface area (Å²) >= 11 is 0. The number of ether oxygens (including phenoxy) is 1. The molecule has 0 atom stereocenters. The number of nitrogens with zero attached hydrogens (tertiary/aromatic N) is 1. The monoisotopic (exact) mass is 220 g/mol. The van der Waals surface area contributed by atoms with E-state index in [9.17, 15) is 0 Å². The van der Waals surface area contributed by atoms with Crippen LogP contribution in [0.2, 0.25) is 0 Å². The molecular weight excluding hydrogens is 200 g/mol. The lowest BCUT2D eigenvalue weighted by atomic mass is 10.3. The van der Waals surface area contributed by atoms with Crippen molar-refractivity contribution in [1.29, 1.82) is 0 Å². The molecule has 1 N–H and O–H groups in total. The summed E-state index contributed by atoms with van der Waals surface area (Å²) in [6.07, 6.45) is 2.69. The zero-order valence-electron chi connectivity index (χ0n) is 9.91. The summed E-state index contributed by atoms with van der Waals surface area (Å²) in [6.45, 7) is 4.32. The van der Waals surface area contributed by atoms with Gasteiger partial charge in [-0.2, -0.15) is 0 Å². The maximum atomic E-state index is 5.70. The van der Waals surface area contributed by atoms with Crippen LogP contribution in [0.5, 0.6) is 5.75 Å². The van der Waals surface area contributed by atoms with E-state index in [4.69, 9.17) is 4.74 Å². The molecule has 1 saturated heterocycles. The summed E-state index contributed by atoms with van der Waals surface area (Å²) in [5.41, 5.74) is 1.12. The highest BCUT2D eigenvalue weighted by atomic mass is 16.5. The summed E-state index contributed by atoms with van der Waals surface area (Å²) in [4.78, 5) is 2.46. The van der Waals surface area contributed by atoms with Crippen molar-refractivity contribution >= 4 is 5.69 Å². The van der Waals surface area contributed by atoms with Crippen molar-refractivity contribution in [2.75, 3.05) is 38.6 Å². The van der Waals surface area contributed by atoms with Gasteiger partial charge < -0.3 is 10.1 Å². The van der Waals surface area contributed by atoms with Gasteiger partial charge in [0.25, 0.3) is 0 Å². The van der Waals surface area contributed by atoms with E-state index < -0.39 is 0 Å².